The fourth-order valence-electron chi connectivity index (χ4n) is 4.04. The van der Waals surface area contributed by atoms with E-state index in [1.807, 2.05) is 43.3 Å². The lowest BCUT2D eigenvalue weighted by Gasteiger charge is -2.30. The Morgan fingerprint density at radius 1 is 1.09 bits per heavy atom. The van der Waals surface area contributed by atoms with Gasteiger partial charge in [0.05, 0.1) is 41.7 Å². The van der Waals surface area contributed by atoms with Gasteiger partial charge in [0.25, 0.3) is 11.8 Å². The number of morpholine rings is 1. The number of rotatable bonds is 3. The fourth-order valence-corrected chi connectivity index (χ4v) is 5.59. The highest BCUT2D eigenvalue weighted by Crippen LogP contribution is 2.45. The van der Waals surface area contributed by atoms with Crippen LogP contribution >= 0.6 is 35.6 Å². The Balaban J connectivity index is 1.53. The number of carbonyl (C=O) groups excluding carboxylic acids is 2. The van der Waals surface area contributed by atoms with Gasteiger partial charge in [-0.2, -0.15) is 0 Å². The third kappa shape index (κ3) is 3.66. The maximum absolute atomic E-state index is 13.6. The third-order valence-corrected chi connectivity index (χ3v) is 7.56. The molecule has 164 valence electrons. The molecule has 32 heavy (non-hydrogen) atoms. The molecule has 0 aliphatic carbocycles. The number of hydrogen-bond donors (Lipinski definition) is 0. The third-order valence-electron chi connectivity index (χ3n) is 5.78. The average molecular weight is 486 g/mol. The second kappa shape index (κ2) is 8.61. The number of ether oxygens (including phenoxy) is 1. The van der Waals surface area contributed by atoms with E-state index in [4.69, 9.17) is 28.6 Å². The van der Waals surface area contributed by atoms with Crippen LogP contribution in [-0.2, 0) is 14.3 Å². The van der Waals surface area contributed by atoms with Crippen molar-refractivity contribution >= 4 is 68.7 Å². The van der Waals surface area contributed by atoms with Gasteiger partial charge < -0.3 is 4.74 Å². The summed E-state index contributed by atoms with van der Waals surface area (Å²) in [5, 5.41) is 0.558. The molecule has 0 spiro atoms. The Hall–Kier alpha value is -2.23. The molecule has 5 rings (SSSR count). The first-order chi connectivity index (χ1) is 15.5. The van der Waals surface area contributed by atoms with E-state index in [0.717, 1.165) is 41.7 Å². The predicted octanol–water partition coefficient (Wildman–Crippen LogP) is 4.06. The van der Waals surface area contributed by atoms with Crippen molar-refractivity contribution in [1.82, 2.24) is 4.90 Å². The van der Waals surface area contributed by atoms with Crippen LogP contribution in [0.25, 0.3) is 5.57 Å². The number of thioether (sulfide) groups is 1. The lowest BCUT2D eigenvalue weighted by Crippen LogP contribution is -2.45. The van der Waals surface area contributed by atoms with Gasteiger partial charge >= 0.3 is 0 Å². The zero-order valence-corrected chi connectivity index (χ0v) is 19.7. The molecule has 6 nitrogen and oxygen atoms in total. The first-order valence-corrected chi connectivity index (χ1v) is 11.8. The number of thiocarbonyl (C=S) groups is 1. The van der Waals surface area contributed by atoms with Crippen molar-refractivity contribution < 1.29 is 14.3 Å². The van der Waals surface area contributed by atoms with E-state index < -0.39 is 0 Å². The molecule has 0 aromatic heterocycles. The summed E-state index contributed by atoms with van der Waals surface area (Å²) in [7, 11) is 0. The highest BCUT2D eigenvalue weighted by Gasteiger charge is 2.43. The van der Waals surface area contributed by atoms with E-state index in [-0.39, 0.29) is 11.8 Å². The van der Waals surface area contributed by atoms with E-state index in [9.17, 15) is 9.59 Å². The van der Waals surface area contributed by atoms with Gasteiger partial charge in [0.1, 0.15) is 0 Å². The molecule has 2 saturated heterocycles. The summed E-state index contributed by atoms with van der Waals surface area (Å²) in [6.07, 6.45) is 0. The summed E-state index contributed by atoms with van der Waals surface area (Å²) in [6, 6.07) is 13.0. The van der Waals surface area contributed by atoms with Crippen LogP contribution in [0.3, 0.4) is 0 Å². The van der Waals surface area contributed by atoms with Crippen LogP contribution in [0.15, 0.2) is 47.4 Å². The van der Waals surface area contributed by atoms with Crippen molar-refractivity contribution in [3.63, 3.8) is 0 Å². The lowest BCUT2D eigenvalue weighted by molar-refractivity contribution is -0.115. The first kappa shape index (κ1) is 21.6. The summed E-state index contributed by atoms with van der Waals surface area (Å²) < 4.78 is 5.81. The van der Waals surface area contributed by atoms with Gasteiger partial charge in [-0.05, 0) is 30.7 Å². The van der Waals surface area contributed by atoms with Crippen molar-refractivity contribution in [3.8, 4) is 0 Å². The molecule has 2 fully saturated rings. The largest absolute Gasteiger partial charge is 0.379 e. The van der Waals surface area contributed by atoms with Crippen molar-refractivity contribution in [3.05, 3.63) is 63.5 Å². The van der Waals surface area contributed by atoms with Gasteiger partial charge in [0.15, 0.2) is 4.32 Å². The summed E-state index contributed by atoms with van der Waals surface area (Å²) in [5.74, 6) is -0.480. The molecule has 0 unspecified atom stereocenters. The van der Waals surface area contributed by atoms with E-state index >= 15 is 0 Å². The first-order valence-electron chi connectivity index (χ1n) is 10.2. The Morgan fingerprint density at radius 2 is 1.84 bits per heavy atom. The number of para-hydroxylation sites is 1. The van der Waals surface area contributed by atoms with E-state index in [1.54, 1.807) is 11.0 Å². The molecule has 3 heterocycles. The second-order valence-corrected chi connectivity index (χ2v) is 9.82. The monoisotopic (exact) mass is 485 g/mol. The molecule has 0 N–H and O–H groups in total. The Morgan fingerprint density at radius 3 is 2.59 bits per heavy atom. The quantitative estimate of drug-likeness (QED) is 0.482. The minimum Gasteiger partial charge on any atom is -0.379 e. The van der Waals surface area contributed by atoms with Crippen LogP contribution in [0.5, 0.6) is 0 Å². The molecule has 0 atom stereocenters. The average Bonchev–Trinajstić information content (AvgIpc) is 3.23. The number of anilines is 2. The molecule has 9 heteroatoms. The number of fused-ring (bicyclic) bond motifs is 1. The van der Waals surface area contributed by atoms with Gasteiger partial charge in [0.2, 0.25) is 0 Å². The molecule has 2 aromatic carbocycles. The lowest BCUT2D eigenvalue weighted by atomic mass is 10.1. The fraction of sp³-hybridized carbons (Fsp3) is 0.261. The van der Waals surface area contributed by atoms with Crippen molar-refractivity contribution in [2.45, 2.75) is 6.92 Å². The smallest absolute Gasteiger partial charge is 0.271 e. The summed E-state index contributed by atoms with van der Waals surface area (Å²) in [6.45, 7) is 5.17. The predicted molar refractivity (Wildman–Crippen MR) is 132 cm³/mol. The Kier molecular flexibility index (Phi) is 5.81. The molecule has 0 saturated carbocycles. The molecule has 0 bridgehead atoms. The zero-order valence-electron chi connectivity index (χ0n) is 17.3. The Bertz CT molecular complexity index is 1180. The minimum atomic E-state index is -0.300. The van der Waals surface area contributed by atoms with Crippen LogP contribution in [0, 0.1) is 6.92 Å². The zero-order chi connectivity index (χ0) is 22.4. The SMILES string of the molecule is Cc1ccc(N2C(=O)C(=C3C(=O)N(CN4CCOCC4)c4ccccc43)SC2=S)cc1Cl. The van der Waals surface area contributed by atoms with E-state index in [1.165, 1.54) is 4.90 Å². The van der Waals surface area contributed by atoms with Crippen molar-refractivity contribution in [2.75, 3.05) is 42.8 Å². The van der Waals surface area contributed by atoms with Crippen molar-refractivity contribution in [1.29, 1.82) is 0 Å². The number of amides is 2. The van der Waals surface area contributed by atoms with Crippen LogP contribution in [-0.4, -0.2) is 54.0 Å². The van der Waals surface area contributed by atoms with Gasteiger partial charge in [0, 0.05) is 23.7 Å². The number of benzene rings is 2. The standard InChI is InChI=1S/C23H20ClN3O3S2/c1-14-6-7-15(12-17(14)24)27-22(29)20(32-23(27)31)19-16-4-2-3-5-18(16)26(21(19)28)13-25-8-10-30-11-9-25/h2-7,12H,8-11,13H2,1H3. The number of carbonyl (C=O) groups is 2. The van der Waals surface area contributed by atoms with Crippen LogP contribution in [0.4, 0.5) is 11.4 Å². The van der Waals surface area contributed by atoms with Gasteiger partial charge in [-0.25, -0.2) is 0 Å². The Labute approximate surface area is 200 Å². The van der Waals surface area contributed by atoms with E-state index in [2.05, 4.69) is 4.90 Å². The van der Waals surface area contributed by atoms with Crippen molar-refractivity contribution in [2.24, 2.45) is 0 Å². The summed E-state index contributed by atoms with van der Waals surface area (Å²) >= 11 is 13.0. The molecule has 0 radical (unpaired) electrons. The molecular formula is C23H20ClN3O3S2. The maximum atomic E-state index is 13.6. The van der Waals surface area contributed by atoms with Gasteiger partial charge in [-0.15, -0.1) is 0 Å². The van der Waals surface area contributed by atoms with Gasteiger partial charge in [-0.1, -0.05) is 59.8 Å². The summed E-state index contributed by atoms with van der Waals surface area (Å²) in [4.78, 5) is 32.8. The minimum absolute atomic E-state index is 0.180. The van der Waals surface area contributed by atoms with Crippen LogP contribution in [0.1, 0.15) is 11.1 Å². The molecule has 2 amide bonds. The van der Waals surface area contributed by atoms with Gasteiger partial charge in [-0.3, -0.25) is 24.3 Å². The topological polar surface area (TPSA) is 53.1 Å². The number of halogens is 1. The number of hydrogen-bond acceptors (Lipinski definition) is 6. The molecule has 3 aliphatic rings. The second-order valence-electron chi connectivity index (χ2n) is 7.77. The molecule has 2 aromatic rings. The van der Waals surface area contributed by atoms with Crippen LogP contribution in [0.2, 0.25) is 5.02 Å². The number of aryl methyl sites for hydroxylation is 1. The normalized spacial score (nSPS) is 21.6. The highest BCUT2D eigenvalue weighted by atomic mass is 35.5. The van der Waals surface area contributed by atoms with E-state index in [0.29, 0.717) is 45.4 Å². The maximum Gasteiger partial charge on any atom is 0.271 e. The highest BCUT2D eigenvalue weighted by molar-refractivity contribution is 8.27. The number of nitrogens with zero attached hydrogens (tertiary/aromatic N) is 3. The molecular weight excluding hydrogens is 466 g/mol. The summed E-state index contributed by atoms with van der Waals surface area (Å²) in [5.41, 5.74) is 3.49. The molecule has 3 aliphatic heterocycles. The van der Waals surface area contributed by atoms with Crippen LogP contribution < -0.4 is 9.80 Å².